The second kappa shape index (κ2) is 10.9. The first-order valence-corrected chi connectivity index (χ1v) is 11.4. The van der Waals surface area contributed by atoms with Crippen LogP contribution in [0.4, 0.5) is 16.4 Å². The topological polar surface area (TPSA) is 119 Å². The van der Waals surface area contributed by atoms with Crippen molar-refractivity contribution in [1.29, 1.82) is 0 Å². The first kappa shape index (κ1) is 24.1. The highest BCUT2D eigenvalue weighted by Crippen LogP contribution is 2.29. The van der Waals surface area contributed by atoms with Gasteiger partial charge in [-0.3, -0.25) is 20.4 Å². The van der Waals surface area contributed by atoms with Gasteiger partial charge in [0.05, 0.1) is 24.6 Å². The molecule has 3 aromatic rings. The second-order valence-electron chi connectivity index (χ2n) is 8.36. The Kier molecular flexibility index (Phi) is 7.51. The molecule has 0 atom stereocenters. The van der Waals surface area contributed by atoms with Gasteiger partial charge in [0.1, 0.15) is 23.1 Å². The summed E-state index contributed by atoms with van der Waals surface area (Å²) in [6.07, 6.45) is 3.47. The molecule has 10 nitrogen and oxygen atoms in total. The quantitative estimate of drug-likeness (QED) is 0.552. The van der Waals surface area contributed by atoms with Crippen LogP contribution in [-0.2, 0) is 9.53 Å². The number of carbonyl (C=O) groups excluding carboxylic acids is 2. The van der Waals surface area contributed by atoms with Crippen LogP contribution in [0.2, 0.25) is 0 Å². The summed E-state index contributed by atoms with van der Waals surface area (Å²) in [4.78, 5) is 39.2. The molecule has 4 heterocycles. The average Bonchev–Trinajstić information content (AvgIpc) is 2.86. The van der Waals surface area contributed by atoms with Gasteiger partial charge in [0.25, 0.3) is 0 Å². The summed E-state index contributed by atoms with van der Waals surface area (Å²) in [7, 11) is 0. The van der Waals surface area contributed by atoms with E-state index in [4.69, 9.17) is 9.47 Å². The van der Waals surface area contributed by atoms with Crippen LogP contribution in [0.25, 0.3) is 11.3 Å². The van der Waals surface area contributed by atoms with Gasteiger partial charge in [0.15, 0.2) is 0 Å². The molecule has 0 aliphatic carbocycles. The van der Waals surface area contributed by atoms with Crippen LogP contribution in [0, 0.1) is 12.8 Å². The third-order valence-electron chi connectivity index (χ3n) is 5.38. The van der Waals surface area contributed by atoms with Crippen LogP contribution in [-0.4, -0.2) is 53.2 Å². The molecule has 0 spiro atoms. The maximum Gasteiger partial charge on any atom is 0.327 e. The minimum Gasteiger partial charge on any atom is -0.455 e. The molecule has 0 aromatic carbocycles. The molecule has 3 amide bonds. The number of carbonyl (C=O) groups is 2. The maximum absolute atomic E-state index is 12.0. The van der Waals surface area contributed by atoms with E-state index >= 15 is 0 Å². The largest absolute Gasteiger partial charge is 0.455 e. The predicted molar refractivity (Wildman–Crippen MR) is 132 cm³/mol. The van der Waals surface area contributed by atoms with Crippen molar-refractivity contribution in [2.75, 3.05) is 36.5 Å². The molecule has 0 bridgehead atoms. The third-order valence-corrected chi connectivity index (χ3v) is 5.38. The van der Waals surface area contributed by atoms with Crippen LogP contribution in [0.3, 0.4) is 0 Å². The summed E-state index contributed by atoms with van der Waals surface area (Å²) in [5.41, 5.74) is 2.27. The lowest BCUT2D eigenvalue weighted by molar-refractivity contribution is -0.122. The molecule has 0 unspecified atom stereocenters. The SMILES string of the molecule is Cc1nc(NC(=O)NC(=O)C(C)C)ccc1Oc1ccnc(-c2ccnc(N3CCOCC3)c2)c1. The van der Waals surface area contributed by atoms with Crippen LogP contribution in [0.5, 0.6) is 11.5 Å². The van der Waals surface area contributed by atoms with Gasteiger partial charge in [0.2, 0.25) is 5.91 Å². The van der Waals surface area contributed by atoms with Gasteiger partial charge in [-0.05, 0) is 37.3 Å². The first-order chi connectivity index (χ1) is 16.9. The maximum atomic E-state index is 12.0. The Morgan fingerprint density at radius 3 is 2.57 bits per heavy atom. The number of amides is 3. The van der Waals surface area contributed by atoms with E-state index in [2.05, 4.69) is 30.5 Å². The number of hydrogen-bond acceptors (Lipinski definition) is 8. The Hall–Kier alpha value is -4.05. The zero-order valence-corrected chi connectivity index (χ0v) is 19.9. The highest BCUT2D eigenvalue weighted by atomic mass is 16.5. The van der Waals surface area contributed by atoms with Gasteiger partial charge in [-0.15, -0.1) is 0 Å². The number of nitrogens with one attached hydrogen (secondary N) is 2. The number of anilines is 2. The van der Waals surface area contributed by atoms with E-state index in [-0.39, 0.29) is 11.8 Å². The number of pyridine rings is 3. The van der Waals surface area contributed by atoms with Crippen LogP contribution < -0.4 is 20.3 Å². The third kappa shape index (κ3) is 6.30. The molecule has 3 aromatic heterocycles. The van der Waals surface area contributed by atoms with Gasteiger partial charge in [-0.2, -0.15) is 0 Å². The number of aromatic nitrogens is 3. The highest BCUT2D eigenvalue weighted by Gasteiger charge is 2.15. The monoisotopic (exact) mass is 476 g/mol. The lowest BCUT2D eigenvalue weighted by Crippen LogP contribution is -2.37. The summed E-state index contributed by atoms with van der Waals surface area (Å²) in [5, 5.41) is 4.82. The fraction of sp³-hybridized carbons (Fsp3) is 0.320. The van der Waals surface area contributed by atoms with Gasteiger partial charge < -0.3 is 14.4 Å². The molecule has 0 saturated carbocycles. The number of nitrogens with zero attached hydrogens (tertiary/aromatic N) is 4. The minimum absolute atomic E-state index is 0.297. The Bertz CT molecular complexity index is 1210. The van der Waals surface area contributed by atoms with Crippen molar-refractivity contribution in [2.45, 2.75) is 20.8 Å². The van der Waals surface area contributed by atoms with Crippen LogP contribution in [0.1, 0.15) is 19.5 Å². The minimum atomic E-state index is -0.628. The van der Waals surface area contributed by atoms with E-state index in [0.29, 0.717) is 36.2 Å². The predicted octanol–water partition coefficient (Wildman–Crippen LogP) is 3.78. The number of morpholine rings is 1. The van der Waals surface area contributed by atoms with E-state index in [9.17, 15) is 9.59 Å². The number of imide groups is 1. The molecular weight excluding hydrogens is 448 g/mol. The molecule has 1 saturated heterocycles. The first-order valence-electron chi connectivity index (χ1n) is 11.4. The van der Waals surface area contributed by atoms with Crippen molar-refractivity contribution in [3.05, 3.63) is 54.5 Å². The van der Waals surface area contributed by atoms with Gasteiger partial charge >= 0.3 is 6.03 Å². The Balaban J connectivity index is 1.45. The van der Waals surface area contributed by atoms with E-state index < -0.39 is 6.03 Å². The molecule has 0 radical (unpaired) electrons. The van der Waals surface area contributed by atoms with Crippen LogP contribution >= 0.6 is 0 Å². The normalized spacial score (nSPS) is 13.4. The lowest BCUT2D eigenvalue weighted by Gasteiger charge is -2.28. The smallest absolute Gasteiger partial charge is 0.327 e. The van der Waals surface area contributed by atoms with Crippen molar-refractivity contribution < 1.29 is 19.1 Å². The van der Waals surface area contributed by atoms with Crippen LogP contribution in [0.15, 0.2) is 48.8 Å². The summed E-state index contributed by atoms with van der Waals surface area (Å²) in [6, 6.07) is 10.3. The molecule has 182 valence electrons. The summed E-state index contributed by atoms with van der Waals surface area (Å²) in [6.45, 7) is 8.18. The van der Waals surface area contributed by atoms with E-state index in [0.717, 1.165) is 30.2 Å². The molecule has 1 fully saturated rings. The fourth-order valence-corrected chi connectivity index (χ4v) is 3.43. The molecule has 4 rings (SSSR count). The molecule has 35 heavy (non-hydrogen) atoms. The number of aryl methyl sites for hydroxylation is 1. The van der Waals surface area contributed by atoms with Crippen molar-refractivity contribution in [3.63, 3.8) is 0 Å². The number of urea groups is 1. The lowest BCUT2D eigenvalue weighted by atomic mass is 10.1. The Labute approximate surface area is 203 Å². The summed E-state index contributed by atoms with van der Waals surface area (Å²) < 4.78 is 11.5. The average molecular weight is 477 g/mol. The van der Waals surface area contributed by atoms with Crippen molar-refractivity contribution >= 4 is 23.6 Å². The number of ether oxygens (including phenoxy) is 2. The standard InChI is InChI=1S/C25H28N6O4/c1-16(2)24(32)30-25(33)29-22-5-4-21(17(3)28-22)35-19-7-9-26-20(15-19)18-6-8-27-23(14-18)31-10-12-34-13-11-31/h4-9,14-16H,10-13H2,1-3H3,(H2,28,29,30,32,33). The highest BCUT2D eigenvalue weighted by molar-refractivity contribution is 6.01. The van der Waals surface area contributed by atoms with Gasteiger partial charge in [-0.1, -0.05) is 13.8 Å². The molecule has 10 heteroatoms. The van der Waals surface area contributed by atoms with Crippen molar-refractivity contribution in [2.24, 2.45) is 5.92 Å². The fourth-order valence-electron chi connectivity index (χ4n) is 3.43. The molecule has 1 aliphatic heterocycles. The summed E-state index contributed by atoms with van der Waals surface area (Å²) in [5.74, 6) is 1.68. The van der Waals surface area contributed by atoms with E-state index in [1.54, 1.807) is 51.4 Å². The molecule has 1 aliphatic rings. The summed E-state index contributed by atoms with van der Waals surface area (Å²) >= 11 is 0. The Morgan fingerprint density at radius 2 is 1.83 bits per heavy atom. The zero-order valence-electron chi connectivity index (χ0n) is 19.9. The second-order valence-corrected chi connectivity index (χ2v) is 8.36. The van der Waals surface area contributed by atoms with Crippen molar-refractivity contribution in [3.8, 4) is 22.8 Å². The number of hydrogen-bond donors (Lipinski definition) is 2. The van der Waals surface area contributed by atoms with Crippen molar-refractivity contribution in [1.82, 2.24) is 20.3 Å². The Morgan fingerprint density at radius 1 is 1.06 bits per heavy atom. The zero-order chi connectivity index (χ0) is 24.8. The van der Waals surface area contributed by atoms with E-state index in [1.165, 1.54) is 0 Å². The number of rotatable bonds is 6. The molecule has 2 N–H and O–H groups in total. The van der Waals surface area contributed by atoms with Gasteiger partial charge in [-0.25, -0.2) is 14.8 Å². The van der Waals surface area contributed by atoms with E-state index in [1.807, 2.05) is 18.2 Å². The molecular formula is C25H28N6O4. The van der Waals surface area contributed by atoms with Gasteiger partial charge in [0, 0.05) is 43.0 Å².